The van der Waals surface area contributed by atoms with E-state index in [0.29, 0.717) is 25.3 Å². The van der Waals surface area contributed by atoms with Crippen LogP contribution >= 0.6 is 0 Å². The molecule has 1 fully saturated rings. The summed E-state index contributed by atoms with van der Waals surface area (Å²) in [6.07, 6.45) is 0.0696. The number of halogens is 1. The zero-order valence-electron chi connectivity index (χ0n) is 5.96. The molecule has 0 radical (unpaired) electrons. The molecule has 3 unspecified atom stereocenters. The molecule has 3 heteroatoms. The third kappa shape index (κ3) is 1.67. The lowest BCUT2D eigenvalue weighted by molar-refractivity contribution is 0.0242. The quantitative estimate of drug-likeness (QED) is 0.565. The molecular formula is C7H14FNO. The Hall–Kier alpha value is -0.150. The number of hydrogen-bond acceptors (Lipinski definition) is 2. The van der Waals surface area contributed by atoms with Crippen molar-refractivity contribution in [2.75, 3.05) is 6.54 Å². The van der Waals surface area contributed by atoms with Crippen LogP contribution in [0.4, 0.5) is 4.39 Å². The fraction of sp³-hybridized carbons (Fsp3) is 1.00. The number of nitrogens with two attached hydrogens (primary N) is 1. The molecule has 0 bridgehead atoms. The molecule has 0 aromatic heterocycles. The summed E-state index contributed by atoms with van der Waals surface area (Å²) in [6, 6.07) is 0. The van der Waals surface area contributed by atoms with Gasteiger partial charge in [0.05, 0.1) is 6.10 Å². The van der Waals surface area contributed by atoms with Crippen molar-refractivity contribution in [1.29, 1.82) is 0 Å². The maximum Gasteiger partial charge on any atom is 0.126 e. The van der Waals surface area contributed by atoms with E-state index in [2.05, 4.69) is 0 Å². The first-order chi connectivity index (χ1) is 4.74. The van der Waals surface area contributed by atoms with E-state index in [9.17, 15) is 4.39 Å². The van der Waals surface area contributed by atoms with Crippen LogP contribution in [0.25, 0.3) is 0 Å². The van der Waals surface area contributed by atoms with Gasteiger partial charge in [-0.1, -0.05) is 0 Å². The second-order valence-electron chi connectivity index (χ2n) is 3.00. The highest BCUT2D eigenvalue weighted by Crippen LogP contribution is 2.25. The van der Waals surface area contributed by atoms with Crippen LogP contribution in [0.1, 0.15) is 19.3 Å². The van der Waals surface area contributed by atoms with Crippen molar-refractivity contribution in [3.8, 4) is 0 Å². The van der Waals surface area contributed by atoms with Crippen molar-refractivity contribution >= 4 is 0 Å². The van der Waals surface area contributed by atoms with Gasteiger partial charge in [-0.05, 0) is 31.7 Å². The van der Waals surface area contributed by atoms with E-state index in [1.54, 1.807) is 0 Å². The fourth-order valence-corrected chi connectivity index (χ4v) is 1.41. The van der Waals surface area contributed by atoms with Crippen LogP contribution in [-0.4, -0.2) is 23.9 Å². The lowest BCUT2D eigenvalue weighted by atomic mass is 9.86. The van der Waals surface area contributed by atoms with Crippen LogP contribution < -0.4 is 5.73 Å². The summed E-state index contributed by atoms with van der Waals surface area (Å²) in [6.45, 7) is 0.573. The molecule has 2 nitrogen and oxygen atoms in total. The van der Waals surface area contributed by atoms with Crippen LogP contribution in [-0.2, 0) is 0 Å². The number of aliphatic hydroxyl groups is 1. The molecular weight excluding hydrogens is 133 g/mol. The molecule has 0 spiro atoms. The number of hydrogen-bond donors (Lipinski definition) is 2. The van der Waals surface area contributed by atoms with Gasteiger partial charge in [-0.2, -0.15) is 0 Å². The average molecular weight is 147 g/mol. The molecule has 1 aliphatic carbocycles. The van der Waals surface area contributed by atoms with Gasteiger partial charge in [-0.15, -0.1) is 0 Å². The molecule has 0 saturated heterocycles. The summed E-state index contributed by atoms with van der Waals surface area (Å²) in [5.41, 5.74) is 5.38. The normalized spacial score (nSPS) is 41.7. The van der Waals surface area contributed by atoms with Crippen LogP contribution in [0.2, 0.25) is 0 Å². The molecule has 1 saturated carbocycles. The minimum atomic E-state index is -1.01. The van der Waals surface area contributed by atoms with Gasteiger partial charge < -0.3 is 10.8 Å². The Balaban J connectivity index is 2.33. The minimum absolute atomic E-state index is 0.335. The minimum Gasteiger partial charge on any atom is -0.390 e. The van der Waals surface area contributed by atoms with E-state index in [0.717, 1.165) is 6.42 Å². The maximum atomic E-state index is 12.6. The fourth-order valence-electron chi connectivity index (χ4n) is 1.41. The predicted molar refractivity (Wildman–Crippen MR) is 37.3 cm³/mol. The smallest absolute Gasteiger partial charge is 0.126 e. The van der Waals surface area contributed by atoms with Crippen molar-refractivity contribution in [2.45, 2.75) is 31.5 Å². The molecule has 1 rings (SSSR count). The van der Waals surface area contributed by atoms with Gasteiger partial charge in [0.25, 0.3) is 0 Å². The summed E-state index contributed by atoms with van der Waals surface area (Å²) in [7, 11) is 0. The number of rotatable bonds is 1. The Kier molecular flexibility index (Phi) is 2.63. The summed E-state index contributed by atoms with van der Waals surface area (Å²) in [5, 5.41) is 9.05. The van der Waals surface area contributed by atoms with Crippen molar-refractivity contribution < 1.29 is 9.50 Å². The molecule has 0 aromatic carbocycles. The summed E-state index contributed by atoms with van der Waals surface area (Å²) < 4.78 is 12.6. The standard InChI is InChI=1S/C7H14FNO/c8-6-2-1-5(4-9)3-7(6)10/h5-7,10H,1-4,9H2. The Labute approximate surface area is 60.2 Å². The maximum absolute atomic E-state index is 12.6. The first kappa shape index (κ1) is 7.95. The summed E-state index contributed by atoms with van der Waals surface area (Å²) >= 11 is 0. The van der Waals surface area contributed by atoms with Crippen LogP contribution in [0.15, 0.2) is 0 Å². The summed E-state index contributed by atoms with van der Waals surface area (Å²) in [5.74, 6) is 0.335. The number of alkyl halides is 1. The van der Waals surface area contributed by atoms with E-state index in [1.807, 2.05) is 0 Å². The molecule has 0 amide bonds. The Morgan fingerprint density at radius 2 is 2.20 bits per heavy atom. The van der Waals surface area contributed by atoms with Crippen LogP contribution in [0.3, 0.4) is 0 Å². The second-order valence-corrected chi connectivity index (χ2v) is 3.00. The molecule has 3 N–H and O–H groups in total. The third-order valence-corrected chi connectivity index (χ3v) is 2.18. The van der Waals surface area contributed by atoms with Crippen molar-refractivity contribution in [2.24, 2.45) is 11.7 Å². The van der Waals surface area contributed by atoms with Gasteiger partial charge in [0.1, 0.15) is 6.17 Å². The van der Waals surface area contributed by atoms with Crippen molar-refractivity contribution in [1.82, 2.24) is 0 Å². The molecule has 60 valence electrons. The van der Waals surface area contributed by atoms with E-state index >= 15 is 0 Å². The van der Waals surface area contributed by atoms with Gasteiger partial charge >= 0.3 is 0 Å². The lowest BCUT2D eigenvalue weighted by Crippen LogP contribution is -2.33. The first-order valence-corrected chi connectivity index (χ1v) is 3.76. The Bertz CT molecular complexity index is 110. The molecule has 0 heterocycles. The van der Waals surface area contributed by atoms with Gasteiger partial charge in [0, 0.05) is 0 Å². The van der Waals surface area contributed by atoms with Crippen LogP contribution in [0, 0.1) is 5.92 Å². The second kappa shape index (κ2) is 3.30. The van der Waals surface area contributed by atoms with Gasteiger partial charge in [-0.25, -0.2) is 4.39 Å². The largest absolute Gasteiger partial charge is 0.390 e. The SMILES string of the molecule is NCC1CCC(F)C(O)C1. The highest BCUT2D eigenvalue weighted by Gasteiger charge is 2.27. The molecule has 0 aromatic rings. The van der Waals surface area contributed by atoms with E-state index in [-0.39, 0.29) is 0 Å². The van der Waals surface area contributed by atoms with Crippen molar-refractivity contribution in [3.63, 3.8) is 0 Å². The van der Waals surface area contributed by atoms with Gasteiger partial charge in [0.15, 0.2) is 0 Å². The van der Waals surface area contributed by atoms with Gasteiger partial charge in [-0.3, -0.25) is 0 Å². The van der Waals surface area contributed by atoms with E-state index < -0.39 is 12.3 Å². The first-order valence-electron chi connectivity index (χ1n) is 3.76. The van der Waals surface area contributed by atoms with Crippen LogP contribution in [0.5, 0.6) is 0 Å². The summed E-state index contributed by atoms with van der Waals surface area (Å²) in [4.78, 5) is 0. The van der Waals surface area contributed by atoms with Crippen molar-refractivity contribution in [3.05, 3.63) is 0 Å². The van der Waals surface area contributed by atoms with E-state index in [1.165, 1.54) is 0 Å². The average Bonchev–Trinajstić information content (AvgIpc) is 1.95. The monoisotopic (exact) mass is 147 g/mol. The highest BCUT2D eigenvalue weighted by molar-refractivity contribution is 4.79. The van der Waals surface area contributed by atoms with E-state index in [4.69, 9.17) is 10.8 Å². The molecule has 10 heavy (non-hydrogen) atoms. The topological polar surface area (TPSA) is 46.2 Å². The molecule has 1 aliphatic rings. The Morgan fingerprint density at radius 3 is 2.70 bits per heavy atom. The zero-order valence-corrected chi connectivity index (χ0v) is 5.96. The number of aliphatic hydroxyl groups excluding tert-OH is 1. The highest BCUT2D eigenvalue weighted by atomic mass is 19.1. The third-order valence-electron chi connectivity index (χ3n) is 2.18. The lowest BCUT2D eigenvalue weighted by Gasteiger charge is -2.27. The Morgan fingerprint density at radius 1 is 1.50 bits per heavy atom. The molecule has 0 aliphatic heterocycles. The zero-order chi connectivity index (χ0) is 7.56. The van der Waals surface area contributed by atoms with Gasteiger partial charge in [0.2, 0.25) is 0 Å². The predicted octanol–water partition coefficient (Wildman–Crippen LogP) is 0.444. The molecule has 3 atom stereocenters.